The van der Waals surface area contributed by atoms with Gasteiger partial charge >= 0.3 is 0 Å². The van der Waals surface area contributed by atoms with E-state index >= 15 is 0 Å². The molecule has 1 saturated heterocycles. The summed E-state index contributed by atoms with van der Waals surface area (Å²) in [6.45, 7) is 4.87. The van der Waals surface area contributed by atoms with Crippen LogP contribution in [-0.2, 0) is 11.8 Å². The molecule has 0 saturated carbocycles. The fourth-order valence-electron chi connectivity index (χ4n) is 3.88. The Morgan fingerprint density at radius 1 is 1.03 bits per heavy atom. The predicted octanol–water partition coefficient (Wildman–Crippen LogP) is 3.40. The molecule has 178 valence electrons. The van der Waals surface area contributed by atoms with E-state index in [1.54, 1.807) is 24.3 Å². The van der Waals surface area contributed by atoms with Crippen molar-refractivity contribution in [2.24, 2.45) is 7.05 Å². The molecule has 1 unspecified atom stereocenters. The van der Waals surface area contributed by atoms with Gasteiger partial charge in [-0.25, -0.2) is 0 Å². The summed E-state index contributed by atoms with van der Waals surface area (Å²) < 4.78 is 1.81. The van der Waals surface area contributed by atoms with Gasteiger partial charge in [-0.05, 0) is 31.2 Å². The monoisotopic (exact) mass is 498 g/mol. The number of anilines is 1. The summed E-state index contributed by atoms with van der Waals surface area (Å²) in [4.78, 5) is 29.5. The number of amides is 2. The van der Waals surface area contributed by atoms with Crippen LogP contribution in [0.25, 0.3) is 0 Å². The molecule has 0 spiro atoms. The molecule has 2 amide bonds. The molecule has 2 aromatic carbocycles. The summed E-state index contributed by atoms with van der Waals surface area (Å²) in [7, 11) is 1.83. The van der Waals surface area contributed by atoms with Gasteiger partial charge in [-0.15, -0.1) is 10.2 Å². The molecular formula is C24H27ClN6O2S. The summed E-state index contributed by atoms with van der Waals surface area (Å²) in [5.41, 5.74) is 1.59. The van der Waals surface area contributed by atoms with Crippen LogP contribution in [0.4, 0.5) is 5.69 Å². The lowest BCUT2D eigenvalue weighted by Crippen LogP contribution is -2.49. The van der Waals surface area contributed by atoms with Crippen LogP contribution < -0.4 is 10.2 Å². The largest absolute Gasteiger partial charge is 0.368 e. The van der Waals surface area contributed by atoms with Gasteiger partial charge in [0, 0.05) is 38.9 Å². The van der Waals surface area contributed by atoms with Gasteiger partial charge in [-0.2, -0.15) is 0 Å². The van der Waals surface area contributed by atoms with Crippen LogP contribution in [0.2, 0.25) is 5.02 Å². The highest BCUT2D eigenvalue weighted by atomic mass is 35.5. The highest BCUT2D eigenvalue weighted by molar-refractivity contribution is 7.99. The lowest BCUT2D eigenvalue weighted by Gasteiger charge is -2.36. The van der Waals surface area contributed by atoms with Gasteiger partial charge in [0.2, 0.25) is 5.91 Å². The van der Waals surface area contributed by atoms with Gasteiger partial charge in [0.15, 0.2) is 11.0 Å². The van der Waals surface area contributed by atoms with Gasteiger partial charge in [0.25, 0.3) is 5.91 Å². The van der Waals surface area contributed by atoms with Crippen molar-refractivity contribution in [1.29, 1.82) is 0 Å². The number of nitrogens with one attached hydrogen (secondary N) is 1. The molecular weight excluding hydrogens is 472 g/mol. The molecule has 0 radical (unpaired) electrons. The first-order chi connectivity index (χ1) is 16.4. The predicted molar refractivity (Wildman–Crippen MR) is 134 cm³/mol. The van der Waals surface area contributed by atoms with Crippen molar-refractivity contribution in [2.75, 3.05) is 36.8 Å². The van der Waals surface area contributed by atoms with Crippen molar-refractivity contribution in [3.05, 3.63) is 71.0 Å². The molecule has 4 rings (SSSR count). The van der Waals surface area contributed by atoms with Crippen molar-refractivity contribution in [1.82, 2.24) is 25.0 Å². The van der Waals surface area contributed by atoms with Crippen molar-refractivity contribution in [3.63, 3.8) is 0 Å². The van der Waals surface area contributed by atoms with E-state index in [1.807, 2.05) is 41.6 Å². The van der Waals surface area contributed by atoms with E-state index in [9.17, 15) is 9.59 Å². The number of para-hydroxylation sites is 1. The third-order valence-electron chi connectivity index (χ3n) is 5.80. The number of halogens is 1. The zero-order valence-electron chi connectivity index (χ0n) is 19.1. The summed E-state index contributed by atoms with van der Waals surface area (Å²) in [6, 6.07) is 16.8. The SMILES string of the molecule is CC(NC(=O)c1ccccc1Cl)c1nnc(SCC(=O)N2CCN(c3ccccc3)CC2)n1C. The van der Waals surface area contributed by atoms with Crippen molar-refractivity contribution in [2.45, 2.75) is 18.1 Å². The summed E-state index contributed by atoms with van der Waals surface area (Å²) in [6.07, 6.45) is 0. The van der Waals surface area contributed by atoms with Crippen LogP contribution in [0.3, 0.4) is 0 Å². The molecule has 1 aliphatic heterocycles. The minimum Gasteiger partial charge on any atom is -0.368 e. The second kappa shape index (κ2) is 10.9. The van der Waals surface area contributed by atoms with E-state index in [-0.39, 0.29) is 23.6 Å². The fourth-order valence-corrected chi connectivity index (χ4v) is 4.93. The lowest BCUT2D eigenvalue weighted by molar-refractivity contribution is -0.128. The average molecular weight is 499 g/mol. The number of hydrogen-bond donors (Lipinski definition) is 1. The molecule has 1 atom stereocenters. The Balaban J connectivity index is 1.29. The molecule has 8 nitrogen and oxygen atoms in total. The number of aromatic nitrogens is 3. The molecule has 1 aliphatic rings. The maximum absolute atomic E-state index is 12.8. The Hall–Kier alpha value is -3.04. The van der Waals surface area contributed by atoms with E-state index in [0.29, 0.717) is 34.7 Å². The van der Waals surface area contributed by atoms with Crippen LogP contribution in [0.1, 0.15) is 29.1 Å². The van der Waals surface area contributed by atoms with Crippen LogP contribution in [0.15, 0.2) is 59.8 Å². The van der Waals surface area contributed by atoms with Gasteiger partial charge in [0.05, 0.1) is 22.4 Å². The van der Waals surface area contributed by atoms with Gasteiger partial charge in [0.1, 0.15) is 0 Å². The zero-order chi connectivity index (χ0) is 24.1. The third kappa shape index (κ3) is 5.53. The lowest BCUT2D eigenvalue weighted by atomic mass is 10.2. The van der Waals surface area contributed by atoms with Gasteiger partial charge in [-0.3, -0.25) is 9.59 Å². The average Bonchev–Trinajstić information content (AvgIpc) is 3.23. The van der Waals surface area contributed by atoms with Crippen molar-refractivity contribution < 1.29 is 9.59 Å². The Kier molecular flexibility index (Phi) is 7.74. The Labute approximate surface area is 208 Å². The summed E-state index contributed by atoms with van der Waals surface area (Å²) >= 11 is 7.47. The van der Waals surface area contributed by atoms with Crippen molar-refractivity contribution in [3.8, 4) is 0 Å². The molecule has 1 fully saturated rings. The number of thioether (sulfide) groups is 1. The molecule has 2 heterocycles. The van der Waals surface area contributed by atoms with Crippen LogP contribution >= 0.6 is 23.4 Å². The molecule has 10 heteroatoms. The van der Waals surface area contributed by atoms with E-state index in [0.717, 1.165) is 13.1 Å². The molecule has 1 aromatic heterocycles. The highest BCUT2D eigenvalue weighted by Crippen LogP contribution is 2.22. The van der Waals surface area contributed by atoms with E-state index in [4.69, 9.17) is 11.6 Å². The Bertz CT molecular complexity index is 1150. The maximum Gasteiger partial charge on any atom is 0.253 e. The number of hydrogen-bond acceptors (Lipinski definition) is 6. The minimum absolute atomic E-state index is 0.0855. The normalized spacial score (nSPS) is 14.7. The summed E-state index contributed by atoms with van der Waals surface area (Å²) in [5.74, 6) is 0.701. The Morgan fingerprint density at radius 3 is 2.41 bits per heavy atom. The molecule has 1 N–H and O–H groups in total. The van der Waals surface area contributed by atoms with Crippen LogP contribution in [-0.4, -0.2) is 63.4 Å². The van der Waals surface area contributed by atoms with Gasteiger partial charge in [-0.1, -0.05) is 53.7 Å². The smallest absolute Gasteiger partial charge is 0.253 e. The highest BCUT2D eigenvalue weighted by Gasteiger charge is 2.23. The number of rotatable bonds is 7. The number of nitrogens with zero attached hydrogens (tertiary/aromatic N) is 5. The second-order valence-corrected chi connectivity index (χ2v) is 9.42. The molecule has 3 aromatic rings. The van der Waals surface area contributed by atoms with Crippen molar-refractivity contribution >= 4 is 40.9 Å². The number of carbonyl (C=O) groups excluding carboxylic acids is 2. The molecule has 0 bridgehead atoms. The van der Waals surface area contributed by atoms with Crippen LogP contribution in [0.5, 0.6) is 0 Å². The van der Waals surface area contributed by atoms with Crippen LogP contribution in [0, 0.1) is 0 Å². The maximum atomic E-state index is 12.8. The van der Waals surface area contributed by atoms with E-state index in [1.165, 1.54) is 17.4 Å². The summed E-state index contributed by atoms with van der Waals surface area (Å²) in [5, 5.41) is 12.4. The number of piperazine rings is 1. The van der Waals surface area contributed by atoms with E-state index < -0.39 is 0 Å². The first kappa shape index (κ1) is 24.1. The Morgan fingerprint density at radius 2 is 1.71 bits per heavy atom. The number of benzene rings is 2. The zero-order valence-corrected chi connectivity index (χ0v) is 20.7. The number of carbonyl (C=O) groups is 2. The molecule has 34 heavy (non-hydrogen) atoms. The first-order valence-electron chi connectivity index (χ1n) is 11.1. The quantitative estimate of drug-likeness (QED) is 0.503. The first-order valence-corrected chi connectivity index (χ1v) is 12.5. The van der Waals surface area contributed by atoms with Gasteiger partial charge < -0.3 is 19.7 Å². The molecule has 0 aliphatic carbocycles. The minimum atomic E-state index is -0.377. The standard InChI is InChI=1S/C24H27ClN6O2S/c1-17(26-23(33)19-10-6-7-11-20(19)25)22-27-28-24(29(22)2)34-16-21(32)31-14-12-30(13-15-31)18-8-4-3-5-9-18/h3-11,17H,12-16H2,1-2H3,(H,26,33). The topological polar surface area (TPSA) is 83.4 Å². The van der Waals surface area contributed by atoms with E-state index in [2.05, 4.69) is 32.5 Å². The third-order valence-corrected chi connectivity index (χ3v) is 7.14. The second-order valence-electron chi connectivity index (χ2n) is 8.07. The fraction of sp³-hybridized carbons (Fsp3) is 0.333.